The van der Waals surface area contributed by atoms with E-state index in [9.17, 15) is 9.59 Å². The Morgan fingerprint density at radius 1 is 1.38 bits per heavy atom. The highest BCUT2D eigenvalue weighted by Gasteiger charge is 2.10. The zero-order chi connectivity index (χ0) is 17.7. The number of fused-ring (bicyclic) bond motifs is 1. The molecule has 0 aliphatic heterocycles. The van der Waals surface area contributed by atoms with Gasteiger partial charge < -0.3 is 10.1 Å². The van der Waals surface area contributed by atoms with E-state index < -0.39 is 5.97 Å². The highest BCUT2D eigenvalue weighted by Crippen LogP contribution is 2.27. The number of aromatic carboxylic acids is 1. The van der Waals surface area contributed by atoms with Crippen LogP contribution in [0, 0.1) is 5.92 Å². The normalized spacial score (nSPS) is 11.1. The summed E-state index contributed by atoms with van der Waals surface area (Å²) in [4.78, 5) is 31.4. The van der Waals surface area contributed by atoms with Crippen LogP contribution in [0.2, 0.25) is 0 Å². The van der Waals surface area contributed by atoms with Crippen LogP contribution in [0.25, 0.3) is 10.9 Å². The van der Waals surface area contributed by atoms with Crippen LogP contribution in [-0.4, -0.2) is 21.0 Å². The van der Waals surface area contributed by atoms with Crippen molar-refractivity contribution in [1.29, 1.82) is 0 Å². The summed E-state index contributed by atoms with van der Waals surface area (Å²) in [5.74, 6) is 0.646. The van der Waals surface area contributed by atoms with Gasteiger partial charge in [-0.2, -0.15) is 0 Å². The molecular formula is C18H22N2O3S. The maximum absolute atomic E-state index is 12.1. The van der Waals surface area contributed by atoms with Crippen LogP contribution >= 0.6 is 11.8 Å². The Bertz CT molecular complexity index is 810. The fourth-order valence-corrected chi connectivity index (χ4v) is 3.35. The largest absolute Gasteiger partial charge is 0.478 e. The van der Waals surface area contributed by atoms with Gasteiger partial charge in [0.2, 0.25) is 0 Å². The molecule has 0 aliphatic carbocycles. The lowest BCUT2D eigenvalue weighted by Gasteiger charge is -2.13. The van der Waals surface area contributed by atoms with Crippen LogP contribution in [0.3, 0.4) is 0 Å². The van der Waals surface area contributed by atoms with Gasteiger partial charge in [-0.05, 0) is 35.4 Å². The molecule has 0 atom stereocenters. The maximum Gasteiger partial charge on any atom is 0.335 e. The molecule has 24 heavy (non-hydrogen) atoms. The predicted octanol–water partition coefficient (Wildman–Crippen LogP) is 4.19. The highest BCUT2D eigenvalue weighted by atomic mass is 32.2. The topological polar surface area (TPSA) is 83.0 Å². The van der Waals surface area contributed by atoms with E-state index in [2.05, 4.69) is 30.4 Å². The summed E-state index contributed by atoms with van der Waals surface area (Å²) in [5.41, 5.74) is 0.273. The van der Waals surface area contributed by atoms with Crippen LogP contribution in [0.15, 0.2) is 34.5 Å². The first kappa shape index (κ1) is 18.3. The number of aromatic amines is 1. The van der Waals surface area contributed by atoms with Crippen LogP contribution < -0.4 is 5.56 Å². The Morgan fingerprint density at radius 2 is 2.08 bits per heavy atom. The van der Waals surface area contributed by atoms with Crippen molar-refractivity contribution >= 4 is 28.6 Å². The molecule has 0 unspecified atom stereocenters. The van der Waals surface area contributed by atoms with Gasteiger partial charge in [0.25, 0.3) is 5.56 Å². The molecule has 1 aromatic carbocycles. The van der Waals surface area contributed by atoms with E-state index in [1.165, 1.54) is 18.2 Å². The Morgan fingerprint density at radius 3 is 2.71 bits per heavy atom. The smallest absolute Gasteiger partial charge is 0.335 e. The zero-order valence-electron chi connectivity index (χ0n) is 14.0. The second-order valence-electron chi connectivity index (χ2n) is 5.76. The number of nitrogens with zero attached hydrogens (tertiary/aromatic N) is 1. The molecule has 1 heterocycles. The monoisotopic (exact) mass is 346 g/mol. The zero-order valence-corrected chi connectivity index (χ0v) is 14.8. The number of hydrogen-bond acceptors (Lipinski definition) is 4. The second-order valence-corrected chi connectivity index (χ2v) is 6.92. The molecule has 2 aromatic rings. The van der Waals surface area contributed by atoms with Crippen LogP contribution in [0.5, 0.6) is 0 Å². The van der Waals surface area contributed by atoms with E-state index in [0.717, 1.165) is 24.2 Å². The molecule has 1 aromatic heterocycles. The number of carboxylic acid groups (broad SMARTS) is 1. The quantitative estimate of drug-likeness (QED) is 0.748. The Kier molecular flexibility index (Phi) is 6.20. The molecule has 2 N–H and O–H groups in total. The van der Waals surface area contributed by atoms with Gasteiger partial charge in [0, 0.05) is 0 Å². The van der Waals surface area contributed by atoms with Crippen molar-refractivity contribution in [3.8, 4) is 0 Å². The van der Waals surface area contributed by atoms with E-state index in [1.807, 2.05) is 0 Å². The first-order valence-electron chi connectivity index (χ1n) is 8.01. The summed E-state index contributed by atoms with van der Waals surface area (Å²) in [6.07, 6.45) is 3.21. The highest BCUT2D eigenvalue weighted by molar-refractivity contribution is 8.02. The molecule has 0 amide bonds. The van der Waals surface area contributed by atoms with Crippen LogP contribution in [0.4, 0.5) is 0 Å². The average Bonchev–Trinajstić information content (AvgIpc) is 2.57. The van der Waals surface area contributed by atoms with Crippen molar-refractivity contribution in [1.82, 2.24) is 9.97 Å². The minimum Gasteiger partial charge on any atom is -0.478 e. The second kappa shape index (κ2) is 8.15. The molecule has 6 heteroatoms. The SMILES string of the molecule is C=C(CC(CC)CC)SCc1nc2cc(C(=O)O)ccc2c(=O)[nH]1. The van der Waals surface area contributed by atoms with Crippen molar-refractivity contribution < 1.29 is 9.90 Å². The Hall–Kier alpha value is -2.08. The molecule has 0 saturated carbocycles. The summed E-state index contributed by atoms with van der Waals surface area (Å²) in [6.45, 7) is 8.44. The summed E-state index contributed by atoms with van der Waals surface area (Å²) >= 11 is 1.57. The van der Waals surface area contributed by atoms with Gasteiger partial charge in [-0.15, -0.1) is 11.8 Å². The van der Waals surface area contributed by atoms with Crippen molar-refractivity contribution in [2.24, 2.45) is 5.92 Å². The molecule has 0 radical (unpaired) electrons. The number of carboxylic acids is 1. The summed E-state index contributed by atoms with van der Waals surface area (Å²) in [6, 6.07) is 4.33. The third-order valence-electron chi connectivity index (χ3n) is 4.09. The number of thioether (sulfide) groups is 1. The standard InChI is InChI=1S/C18H22N2O3S/c1-4-12(5-2)8-11(3)24-10-16-19-15-9-13(18(22)23)6-7-14(15)17(21)20-16/h6-7,9,12H,3-5,8,10H2,1-2H3,(H,22,23)(H,19,20,21). The average molecular weight is 346 g/mol. The number of nitrogens with one attached hydrogen (secondary N) is 1. The van der Waals surface area contributed by atoms with Crippen LogP contribution in [-0.2, 0) is 5.75 Å². The maximum atomic E-state index is 12.1. The van der Waals surface area contributed by atoms with Gasteiger partial charge in [-0.3, -0.25) is 4.79 Å². The molecular weight excluding hydrogens is 324 g/mol. The third kappa shape index (κ3) is 4.47. The first-order valence-corrected chi connectivity index (χ1v) is 9.00. The molecule has 0 aliphatic rings. The number of allylic oxidation sites excluding steroid dienone is 1. The molecule has 128 valence electrons. The van der Waals surface area contributed by atoms with Gasteiger partial charge >= 0.3 is 5.97 Å². The number of H-pyrrole nitrogens is 1. The lowest BCUT2D eigenvalue weighted by atomic mass is 10.00. The van der Waals surface area contributed by atoms with E-state index >= 15 is 0 Å². The first-order chi connectivity index (χ1) is 11.4. The molecule has 5 nitrogen and oxygen atoms in total. The van der Waals surface area contributed by atoms with Crippen molar-refractivity contribution in [2.75, 3.05) is 0 Å². The van der Waals surface area contributed by atoms with E-state index in [1.54, 1.807) is 11.8 Å². The fourth-order valence-electron chi connectivity index (χ4n) is 2.52. The van der Waals surface area contributed by atoms with Gasteiger partial charge in [-0.25, -0.2) is 9.78 Å². The van der Waals surface area contributed by atoms with E-state index in [0.29, 0.717) is 28.4 Å². The van der Waals surface area contributed by atoms with Gasteiger partial charge in [0.1, 0.15) is 5.82 Å². The number of benzene rings is 1. The van der Waals surface area contributed by atoms with Crippen molar-refractivity contribution in [3.63, 3.8) is 0 Å². The lowest BCUT2D eigenvalue weighted by Crippen LogP contribution is -2.12. The fraction of sp³-hybridized carbons (Fsp3) is 0.389. The summed E-state index contributed by atoms with van der Waals surface area (Å²) in [7, 11) is 0. The number of aromatic nitrogens is 2. The van der Waals surface area contributed by atoms with Crippen molar-refractivity contribution in [3.05, 3.63) is 51.4 Å². The third-order valence-corrected chi connectivity index (χ3v) is 5.08. The van der Waals surface area contributed by atoms with Gasteiger partial charge in [0.05, 0.1) is 22.2 Å². The van der Waals surface area contributed by atoms with Gasteiger partial charge in [0.15, 0.2) is 0 Å². The number of rotatable bonds is 8. The minimum atomic E-state index is -1.03. The number of hydrogen-bond donors (Lipinski definition) is 2. The number of carbonyl (C=O) groups is 1. The molecule has 0 spiro atoms. The van der Waals surface area contributed by atoms with Gasteiger partial charge in [-0.1, -0.05) is 33.3 Å². The molecule has 0 bridgehead atoms. The summed E-state index contributed by atoms with van der Waals surface area (Å²) < 4.78 is 0. The van der Waals surface area contributed by atoms with Crippen LogP contribution in [0.1, 0.15) is 49.3 Å². The minimum absolute atomic E-state index is 0.123. The van der Waals surface area contributed by atoms with Crippen molar-refractivity contribution in [2.45, 2.75) is 38.9 Å². The molecule has 0 saturated heterocycles. The van der Waals surface area contributed by atoms with E-state index in [4.69, 9.17) is 5.11 Å². The van der Waals surface area contributed by atoms with E-state index in [-0.39, 0.29) is 11.1 Å². The summed E-state index contributed by atoms with van der Waals surface area (Å²) in [5, 5.41) is 9.45. The lowest BCUT2D eigenvalue weighted by molar-refractivity contribution is 0.0697. The Balaban J connectivity index is 2.16. The Labute approximate surface area is 145 Å². The molecule has 2 rings (SSSR count). The predicted molar refractivity (Wildman–Crippen MR) is 98.4 cm³/mol. The molecule has 0 fully saturated rings.